The van der Waals surface area contributed by atoms with E-state index in [1.165, 1.54) is 12.8 Å². The highest BCUT2D eigenvalue weighted by Gasteiger charge is 2.35. The highest BCUT2D eigenvalue weighted by Crippen LogP contribution is 2.25. The quantitative estimate of drug-likeness (QED) is 0.825. The molecule has 2 fully saturated rings. The SMILES string of the molecule is CC1CN(C(C)CC(C)(C#N)NC2CC2)CCCO1. The Bertz CT molecular complexity index is 337. The Morgan fingerprint density at radius 3 is 2.89 bits per heavy atom. The summed E-state index contributed by atoms with van der Waals surface area (Å²) in [6, 6.07) is 3.47. The van der Waals surface area contributed by atoms with Crippen LogP contribution in [0.15, 0.2) is 0 Å². The van der Waals surface area contributed by atoms with E-state index in [0.717, 1.165) is 32.5 Å². The van der Waals surface area contributed by atoms with Crippen molar-refractivity contribution in [2.24, 2.45) is 0 Å². The molecule has 0 aromatic rings. The second-order valence-electron chi connectivity index (χ2n) is 6.45. The molecule has 1 heterocycles. The zero-order valence-electron chi connectivity index (χ0n) is 12.5. The van der Waals surface area contributed by atoms with E-state index in [1.807, 2.05) is 6.92 Å². The number of nitrogens with zero attached hydrogens (tertiary/aromatic N) is 2. The first kappa shape index (κ1) is 14.8. The van der Waals surface area contributed by atoms with Crippen molar-refractivity contribution in [1.82, 2.24) is 10.2 Å². The standard InChI is InChI=1S/C15H27N3O/c1-12(18-7-4-8-19-13(2)10-18)9-15(3,11-16)17-14-5-6-14/h12-14,17H,4-10H2,1-3H3. The topological polar surface area (TPSA) is 48.3 Å². The van der Waals surface area contributed by atoms with Crippen molar-refractivity contribution in [3.63, 3.8) is 0 Å². The molecule has 2 rings (SSSR count). The van der Waals surface area contributed by atoms with Crippen LogP contribution in [0.25, 0.3) is 0 Å². The molecule has 0 amide bonds. The summed E-state index contributed by atoms with van der Waals surface area (Å²) in [5, 5.41) is 13.0. The lowest BCUT2D eigenvalue weighted by Gasteiger charge is -2.34. The zero-order chi connectivity index (χ0) is 13.9. The van der Waals surface area contributed by atoms with Gasteiger partial charge in [0.05, 0.1) is 12.2 Å². The smallest absolute Gasteiger partial charge is 0.105 e. The molecule has 4 heteroatoms. The van der Waals surface area contributed by atoms with Gasteiger partial charge >= 0.3 is 0 Å². The van der Waals surface area contributed by atoms with Crippen LogP contribution < -0.4 is 5.32 Å². The molecule has 4 nitrogen and oxygen atoms in total. The summed E-state index contributed by atoms with van der Waals surface area (Å²) in [5.74, 6) is 0. The molecule has 2 aliphatic rings. The molecule has 1 N–H and O–H groups in total. The molecule has 0 radical (unpaired) electrons. The Morgan fingerprint density at radius 1 is 1.53 bits per heavy atom. The highest BCUT2D eigenvalue weighted by atomic mass is 16.5. The van der Waals surface area contributed by atoms with E-state index in [9.17, 15) is 5.26 Å². The molecule has 3 unspecified atom stereocenters. The second kappa shape index (κ2) is 6.21. The summed E-state index contributed by atoms with van der Waals surface area (Å²) in [7, 11) is 0. The largest absolute Gasteiger partial charge is 0.377 e. The molecule has 0 bridgehead atoms. The van der Waals surface area contributed by atoms with Crippen LogP contribution in [0.4, 0.5) is 0 Å². The Kier molecular flexibility index (Phi) is 4.83. The van der Waals surface area contributed by atoms with Gasteiger partial charge in [0.25, 0.3) is 0 Å². The van der Waals surface area contributed by atoms with Gasteiger partial charge in [0.2, 0.25) is 0 Å². The molecule has 19 heavy (non-hydrogen) atoms. The summed E-state index contributed by atoms with van der Waals surface area (Å²) in [6.45, 7) is 9.33. The van der Waals surface area contributed by atoms with Gasteiger partial charge in [-0.25, -0.2) is 0 Å². The molecule has 108 valence electrons. The number of hydrogen-bond acceptors (Lipinski definition) is 4. The van der Waals surface area contributed by atoms with Crippen molar-refractivity contribution < 1.29 is 4.74 Å². The minimum atomic E-state index is -0.392. The molecular weight excluding hydrogens is 238 g/mol. The first-order valence-corrected chi connectivity index (χ1v) is 7.57. The van der Waals surface area contributed by atoms with Gasteiger partial charge in [-0.1, -0.05) is 0 Å². The lowest BCUT2D eigenvalue weighted by Crippen LogP contribution is -2.49. The third-order valence-electron chi connectivity index (χ3n) is 4.16. The van der Waals surface area contributed by atoms with Crippen LogP contribution in [0.2, 0.25) is 0 Å². The summed E-state index contributed by atoms with van der Waals surface area (Å²) in [4.78, 5) is 2.47. The van der Waals surface area contributed by atoms with Gasteiger partial charge in [-0.2, -0.15) is 5.26 Å². The molecule has 1 saturated heterocycles. The summed E-state index contributed by atoms with van der Waals surface area (Å²) < 4.78 is 5.69. The Balaban J connectivity index is 1.90. The van der Waals surface area contributed by atoms with E-state index in [2.05, 4.69) is 30.1 Å². The maximum Gasteiger partial charge on any atom is 0.105 e. The third kappa shape index (κ3) is 4.45. The maximum absolute atomic E-state index is 9.46. The minimum absolute atomic E-state index is 0.301. The molecule has 1 saturated carbocycles. The van der Waals surface area contributed by atoms with E-state index in [0.29, 0.717) is 18.2 Å². The molecule has 1 aliphatic heterocycles. The fourth-order valence-corrected chi connectivity index (χ4v) is 2.96. The second-order valence-corrected chi connectivity index (χ2v) is 6.45. The van der Waals surface area contributed by atoms with Gasteiger partial charge in [0, 0.05) is 31.8 Å². The first-order chi connectivity index (χ1) is 9.02. The monoisotopic (exact) mass is 265 g/mol. The van der Waals surface area contributed by atoms with Crippen LogP contribution in [0.3, 0.4) is 0 Å². The van der Waals surface area contributed by atoms with E-state index in [4.69, 9.17) is 4.74 Å². The number of nitrogens with one attached hydrogen (secondary N) is 1. The van der Waals surface area contributed by atoms with Gasteiger partial charge in [-0.15, -0.1) is 0 Å². The number of nitriles is 1. The fraction of sp³-hybridized carbons (Fsp3) is 0.933. The lowest BCUT2D eigenvalue weighted by atomic mass is 9.94. The average molecular weight is 265 g/mol. The minimum Gasteiger partial charge on any atom is -0.377 e. The van der Waals surface area contributed by atoms with E-state index in [1.54, 1.807) is 0 Å². The van der Waals surface area contributed by atoms with Crippen molar-refractivity contribution in [2.45, 2.75) is 70.2 Å². The molecule has 1 aliphatic carbocycles. The molecule has 0 aromatic carbocycles. The summed E-state index contributed by atoms with van der Waals surface area (Å²) in [5.41, 5.74) is -0.392. The van der Waals surface area contributed by atoms with Gasteiger partial charge in [-0.3, -0.25) is 10.2 Å². The van der Waals surface area contributed by atoms with Crippen molar-refractivity contribution in [3.05, 3.63) is 0 Å². The molecule has 3 atom stereocenters. The average Bonchev–Trinajstić information content (AvgIpc) is 3.17. The van der Waals surface area contributed by atoms with Gasteiger partial charge in [0.15, 0.2) is 0 Å². The first-order valence-electron chi connectivity index (χ1n) is 7.57. The van der Waals surface area contributed by atoms with Crippen molar-refractivity contribution in [2.75, 3.05) is 19.7 Å². The van der Waals surface area contributed by atoms with E-state index in [-0.39, 0.29) is 0 Å². The van der Waals surface area contributed by atoms with Crippen LogP contribution in [0.5, 0.6) is 0 Å². The Labute approximate surface area is 117 Å². The van der Waals surface area contributed by atoms with Gasteiger partial charge in [-0.05, 0) is 46.5 Å². The number of ether oxygens (including phenoxy) is 1. The van der Waals surface area contributed by atoms with Crippen LogP contribution in [-0.2, 0) is 4.74 Å². The van der Waals surface area contributed by atoms with Crippen molar-refractivity contribution in [3.8, 4) is 6.07 Å². The molecule has 0 aromatic heterocycles. The number of rotatable bonds is 5. The molecule has 0 spiro atoms. The summed E-state index contributed by atoms with van der Waals surface area (Å²) in [6.07, 6.45) is 4.72. The number of hydrogen-bond donors (Lipinski definition) is 1. The van der Waals surface area contributed by atoms with Crippen LogP contribution in [0.1, 0.15) is 46.5 Å². The highest BCUT2D eigenvalue weighted by molar-refractivity contribution is 5.08. The fourth-order valence-electron chi connectivity index (χ4n) is 2.96. The third-order valence-corrected chi connectivity index (χ3v) is 4.16. The zero-order valence-corrected chi connectivity index (χ0v) is 12.5. The van der Waals surface area contributed by atoms with E-state index < -0.39 is 5.54 Å². The van der Waals surface area contributed by atoms with E-state index >= 15 is 0 Å². The lowest BCUT2D eigenvalue weighted by molar-refractivity contribution is 0.0595. The Morgan fingerprint density at radius 2 is 2.26 bits per heavy atom. The Hall–Kier alpha value is -0.630. The van der Waals surface area contributed by atoms with Gasteiger partial charge in [0.1, 0.15) is 5.54 Å². The maximum atomic E-state index is 9.46. The molecular formula is C15H27N3O. The van der Waals surface area contributed by atoms with Crippen molar-refractivity contribution >= 4 is 0 Å². The predicted octanol–water partition coefficient (Wildman–Crippen LogP) is 1.91. The van der Waals surface area contributed by atoms with Crippen LogP contribution >= 0.6 is 0 Å². The van der Waals surface area contributed by atoms with Crippen LogP contribution in [-0.4, -0.2) is 48.3 Å². The van der Waals surface area contributed by atoms with Crippen LogP contribution in [0, 0.1) is 11.3 Å². The van der Waals surface area contributed by atoms with Crippen molar-refractivity contribution in [1.29, 1.82) is 5.26 Å². The van der Waals surface area contributed by atoms with Gasteiger partial charge < -0.3 is 4.74 Å². The summed E-state index contributed by atoms with van der Waals surface area (Å²) >= 11 is 0. The normalized spacial score (nSPS) is 30.1. The predicted molar refractivity (Wildman–Crippen MR) is 75.9 cm³/mol.